The van der Waals surface area contributed by atoms with Gasteiger partial charge in [0.1, 0.15) is 0 Å². The summed E-state index contributed by atoms with van der Waals surface area (Å²) in [5.41, 5.74) is 1.40. The highest BCUT2D eigenvalue weighted by Gasteiger charge is 2.08. The van der Waals surface area contributed by atoms with E-state index in [9.17, 15) is 0 Å². The van der Waals surface area contributed by atoms with E-state index >= 15 is 0 Å². The summed E-state index contributed by atoms with van der Waals surface area (Å²) in [6.45, 7) is 7.68. The fraction of sp³-hybridized carbons (Fsp3) is 0.471. The highest BCUT2D eigenvalue weighted by Crippen LogP contribution is 2.12. The normalized spacial score (nSPS) is 12.6. The van der Waals surface area contributed by atoms with Crippen LogP contribution in [-0.4, -0.2) is 15.6 Å². The number of aromatic nitrogens is 2. The second kappa shape index (κ2) is 7.13. The van der Waals surface area contributed by atoms with Crippen molar-refractivity contribution in [2.75, 3.05) is 5.32 Å². The van der Waals surface area contributed by atoms with Gasteiger partial charge < -0.3 is 9.88 Å². The van der Waals surface area contributed by atoms with Gasteiger partial charge >= 0.3 is 0 Å². The molecule has 1 aromatic carbocycles. The molecule has 1 atom stereocenters. The largest absolute Gasteiger partial charge is 0.353 e. The Labute approximate surface area is 122 Å². The number of nitrogens with zero attached hydrogens (tertiary/aromatic N) is 2. The van der Waals surface area contributed by atoms with Gasteiger partial charge in [0.15, 0.2) is 0 Å². The summed E-state index contributed by atoms with van der Waals surface area (Å²) < 4.78 is 2.20. The molecule has 0 aliphatic heterocycles. The van der Waals surface area contributed by atoms with Crippen LogP contribution in [0.1, 0.15) is 32.8 Å². The maximum atomic E-state index is 4.42. The van der Waals surface area contributed by atoms with Crippen molar-refractivity contribution in [2.45, 2.75) is 46.2 Å². The zero-order valence-corrected chi connectivity index (χ0v) is 12.7. The van der Waals surface area contributed by atoms with E-state index in [4.69, 9.17) is 0 Å². The topological polar surface area (TPSA) is 29.9 Å². The third-order valence-corrected chi connectivity index (χ3v) is 3.36. The van der Waals surface area contributed by atoms with Crippen LogP contribution in [0.15, 0.2) is 42.7 Å². The quantitative estimate of drug-likeness (QED) is 0.825. The first-order chi connectivity index (χ1) is 9.65. The lowest BCUT2D eigenvalue weighted by atomic mass is 10.1. The third-order valence-electron chi connectivity index (χ3n) is 3.36. The first kappa shape index (κ1) is 14.6. The molecule has 0 fully saturated rings. The van der Waals surface area contributed by atoms with Gasteiger partial charge in [0.25, 0.3) is 0 Å². The van der Waals surface area contributed by atoms with Crippen molar-refractivity contribution in [3.8, 4) is 0 Å². The zero-order chi connectivity index (χ0) is 14.4. The SMILES string of the molecule is CC(C)Cn1ccnc1NC(C)CCc1ccccc1. The molecule has 1 N–H and O–H groups in total. The molecule has 1 unspecified atom stereocenters. The molecule has 0 aliphatic rings. The number of rotatable bonds is 7. The number of imidazole rings is 1. The van der Waals surface area contributed by atoms with Gasteiger partial charge in [-0.1, -0.05) is 44.2 Å². The monoisotopic (exact) mass is 271 g/mol. The van der Waals surface area contributed by atoms with Crippen LogP contribution < -0.4 is 5.32 Å². The fourth-order valence-electron chi connectivity index (χ4n) is 2.31. The molecule has 0 saturated carbocycles. The average molecular weight is 271 g/mol. The highest BCUT2D eigenvalue weighted by atomic mass is 15.2. The van der Waals surface area contributed by atoms with E-state index in [-0.39, 0.29) is 0 Å². The van der Waals surface area contributed by atoms with Gasteiger partial charge in [-0.3, -0.25) is 0 Å². The van der Waals surface area contributed by atoms with E-state index in [0.717, 1.165) is 25.3 Å². The Bertz CT molecular complexity index is 502. The van der Waals surface area contributed by atoms with Crippen LogP contribution in [0.25, 0.3) is 0 Å². The predicted molar refractivity (Wildman–Crippen MR) is 84.9 cm³/mol. The van der Waals surface area contributed by atoms with Crippen LogP contribution in [-0.2, 0) is 13.0 Å². The average Bonchev–Trinajstić information content (AvgIpc) is 2.84. The van der Waals surface area contributed by atoms with Gasteiger partial charge in [0.05, 0.1) is 0 Å². The van der Waals surface area contributed by atoms with Crippen molar-refractivity contribution in [3.63, 3.8) is 0 Å². The van der Waals surface area contributed by atoms with Gasteiger partial charge in [-0.05, 0) is 31.2 Å². The standard InChI is InChI=1S/C17H25N3/c1-14(2)13-20-12-11-18-17(20)19-15(3)9-10-16-7-5-4-6-8-16/h4-8,11-12,14-15H,9-10,13H2,1-3H3,(H,18,19). The van der Waals surface area contributed by atoms with Crippen molar-refractivity contribution >= 4 is 5.95 Å². The third kappa shape index (κ3) is 4.41. The molecule has 1 aromatic heterocycles. The Morgan fingerprint density at radius 2 is 1.90 bits per heavy atom. The van der Waals surface area contributed by atoms with Crippen molar-refractivity contribution in [3.05, 3.63) is 48.3 Å². The molecule has 0 bridgehead atoms. The highest BCUT2D eigenvalue weighted by molar-refractivity contribution is 5.27. The van der Waals surface area contributed by atoms with E-state index in [1.54, 1.807) is 0 Å². The van der Waals surface area contributed by atoms with Gasteiger partial charge in [0, 0.05) is 25.0 Å². The molecule has 3 heteroatoms. The summed E-state index contributed by atoms with van der Waals surface area (Å²) in [6.07, 6.45) is 6.12. The van der Waals surface area contributed by atoms with Gasteiger partial charge in [-0.25, -0.2) is 4.98 Å². The molecule has 108 valence electrons. The summed E-state index contributed by atoms with van der Waals surface area (Å²) in [6, 6.07) is 11.1. The molecule has 2 aromatic rings. The van der Waals surface area contributed by atoms with E-state index in [0.29, 0.717) is 12.0 Å². The number of benzene rings is 1. The van der Waals surface area contributed by atoms with Crippen molar-refractivity contribution in [1.82, 2.24) is 9.55 Å². The first-order valence-electron chi connectivity index (χ1n) is 7.46. The number of anilines is 1. The van der Waals surface area contributed by atoms with Gasteiger partial charge in [0.2, 0.25) is 5.95 Å². The molecule has 2 rings (SSSR count). The molecule has 0 saturated heterocycles. The molecule has 0 spiro atoms. The second-order valence-corrected chi connectivity index (χ2v) is 5.87. The minimum atomic E-state index is 0.420. The van der Waals surface area contributed by atoms with Crippen molar-refractivity contribution in [1.29, 1.82) is 0 Å². The zero-order valence-electron chi connectivity index (χ0n) is 12.7. The van der Waals surface area contributed by atoms with Crippen LogP contribution in [0.4, 0.5) is 5.95 Å². The molecular formula is C17H25N3. The summed E-state index contributed by atoms with van der Waals surface area (Å²) in [5.74, 6) is 1.61. The Kier molecular flexibility index (Phi) is 5.22. The minimum Gasteiger partial charge on any atom is -0.353 e. The lowest BCUT2D eigenvalue weighted by Crippen LogP contribution is -2.20. The lowest BCUT2D eigenvalue weighted by molar-refractivity contribution is 0.523. The number of nitrogens with one attached hydrogen (secondary N) is 1. The summed E-state index contributed by atoms with van der Waals surface area (Å²) in [7, 11) is 0. The van der Waals surface area contributed by atoms with Crippen molar-refractivity contribution < 1.29 is 0 Å². The minimum absolute atomic E-state index is 0.420. The summed E-state index contributed by atoms with van der Waals surface area (Å²) in [4.78, 5) is 4.42. The molecule has 1 heterocycles. The Balaban J connectivity index is 1.85. The van der Waals surface area contributed by atoms with E-state index in [1.807, 2.05) is 12.4 Å². The van der Waals surface area contributed by atoms with E-state index in [2.05, 4.69) is 66.0 Å². The second-order valence-electron chi connectivity index (χ2n) is 5.87. The van der Waals surface area contributed by atoms with Crippen LogP contribution >= 0.6 is 0 Å². The van der Waals surface area contributed by atoms with Crippen LogP contribution in [0.3, 0.4) is 0 Å². The lowest BCUT2D eigenvalue weighted by Gasteiger charge is -2.17. The first-order valence-corrected chi connectivity index (χ1v) is 7.46. The van der Waals surface area contributed by atoms with Crippen LogP contribution in [0, 0.1) is 5.92 Å². The molecule has 0 radical (unpaired) electrons. The van der Waals surface area contributed by atoms with Crippen molar-refractivity contribution in [2.24, 2.45) is 5.92 Å². The molecular weight excluding hydrogens is 246 g/mol. The molecule has 3 nitrogen and oxygen atoms in total. The number of aryl methyl sites for hydroxylation is 1. The Hall–Kier alpha value is -1.77. The van der Waals surface area contributed by atoms with E-state index < -0.39 is 0 Å². The molecule has 20 heavy (non-hydrogen) atoms. The Morgan fingerprint density at radius 1 is 1.15 bits per heavy atom. The number of hydrogen-bond donors (Lipinski definition) is 1. The smallest absolute Gasteiger partial charge is 0.202 e. The van der Waals surface area contributed by atoms with Gasteiger partial charge in [-0.15, -0.1) is 0 Å². The number of hydrogen-bond acceptors (Lipinski definition) is 2. The van der Waals surface area contributed by atoms with Crippen LogP contribution in [0.2, 0.25) is 0 Å². The Morgan fingerprint density at radius 3 is 2.60 bits per heavy atom. The van der Waals surface area contributed by atoms with Gasteiger partial charge in [-0.2, -0.15) is 0 Å². The maximum absolute atomic E-state index is 4.42. The molecule has 0 aliphatic carbocycles. The fourth-order valence-corrected chi connectivity index (χ4v) is 2.31. The van der Waals surface area contributed by atoms with Crippen LogP contribution in [0.5, 0.6) is 0 Å². The van der Waals surface area contributed by atoms with E-state index in [1.165, 1.54) is 5.56 Å². The summed E-state index contributed by atoms with van der Waals surface area (Å²) in [5, 5.41) is 3.52. The summed E-state index contributed by atoms with van der Waals surface area (Å²) >= 11 is 0. The molecule has 0 amide bonds. The predicted octanol–water partition coefficient (Wildman–Crippen LogP) is 3.97. The maximum Gasteiger partial charge on any atom is 0.202 e.